The minimum Gasteiger partial charge on any atom is -0.480 e. The SMILES string of the molecule is CC[C@H](C)[C@H](NC(=O)[C@H](CCCN=C(N)N)NC(=O)[C@@H]1CCCN1C(=O)CN)C(=O)O. The highest BCUT2D eigenvalue weighted by atomic mass is 16.4. The molecule has 0 bridgehead atoms. The van der Waals surface area contributed by atoms with Gasteiger partial charge in [-0.25, -0.2) is 4.79 Å². The van der Waals surface area contributed by atoms with E-state index in [1.165, 1.54) is 4.90 Å². The molecule has 0 saturated carbocycles. The number of carboxylic acid groups (broad SMARTS) is 1. The van der Waals surface area contributed by atoms with Crippen LogP contribution in [0.5, 0.6) is 0 Å². The fourth-order valence-corrected chi connectivity index (χ4v) is 3.43. The fraction of sp³-hybridized carbons (Fsp3) is 0.737. The van der Waals surface area contributed by atoms with Crippen molar-refractivity contribution in [3.8, 4) is 0 Å². The summed E-state index contributed by atoms with van der Waals surface area (Å²) in [5.74, 6) is -2.96. The van der Waals surface area contributed by atoms with E-state index in [4.69, 9.17) is 17.2 Å². The van der Waals surface area contributed by atoms with Gasteiger partial charge in [-0.1, -0.05) is 20.3 Å². The summed E-state index contributed by atoms with van der Waals surface area (Å²) in [6.07, 6.45) is 2.24. The van der Waals surface area contributed by atoms with E-state index < -0.39 is 35.9 Å². The molecule has 0 aromatic heterocycles. The maximum atomic E-state index is 12.9. The first-order chi connectivity index (χ1) is 14.6. The summed E-state index contributed by atoms with van der Waals surface area (Å²) >= 11 is 0. The lowest BCUT2D eigenvalue weighted by molar-refractivity contribution is -0.144. The van der Waals surface area contributed by atoms with E-state index in [2.05, 4.69) is 15.6 Å². The van der Waals surface area contributed by atoms with Gasteiger partial charge in [-0.3, -0.25) is 19.4 Å². The number of carbonyl (C=O) groups is 4. The molecule has 12 nitrogen and oxygen atoms in total. The first kappa shape index (κ1) is 26.1. The number of rotatable bonds is 12. The van der Waals surface area contributed by atoms with Crippen molar-refractivity contribution in [2.75, 3.05) is 19.6 Å². The smallest absolute Gasteiger partial charge is 0.326 e. The van der Waals surface area contributed by atoms with Crippen LogP contribution in [0, 0.1) is 5.92 Å². The van der Waals surface area contributed by atoms with Crippen LogP contribution in [-0.4, -0.2) is 77.4 Å². The van der Waals surface area contributed by atoms with Crippen LogP contribution in [0.25, 0.3) is 0 Å². The number of aliphatic carboxylic acids is 1. The van der Waals surface area contributed by atoms with Gasteiger partial charge in [-0.05, 0) is 31.6 Å². The van der Waals surface area contributed by atoms with Gasteiger partial charge in [0.05, 0.1) is 6.54 Å². The number of aliphatic imine (C=N–C) groups is 1. The van der Waals surface area contributed by atoms with Gasteiger partial charge in [0.2, 0.25) is 17.7 Å². The summed E-state index contributed by atoms with van der Waals surface area (Å²) in [7, 11) is 0. The Kier molecular flexibility index (Phi) is 10.7. The van der Waals surface area contributed by atoms with E-state index in [0.717, 1.165) is 0 Å². The number of nitrogens with zero attached hydrogens (tertiary/aromatic N) is 2. The van der Waals surface area contributed by atoms with Crippen LogP contribution in [0.15, 0.2) is 4.99 Å². The molecule has 12 heteroatoms. The average molecular weight is 442 g/mol. The second-order valence-electron chi connectivity index (χ2n) is 7.67. The van der Waals surface area contributed by atoms with Crippen molar-refractivity contribution in [3.05, 3.63) is 0 Å². The Morgan fingerprint density at radius 1 is 1.23 bits per heavy atom. The Bertz CT molecular complexity index is 681. The highest BCUT2D eigenvalue weighted by molar-refractivity contribution is 5.93. The number of hydrogen-bond acceptors (Lipinski definition) is 6. The molecule has 0 aromatic carbocycles. The Hall–Kier alpha value is -2.89. The number of nitrogens with one attached hydrogen (secondary N) is 2. The molecular formula is C19H35N7O5. The predicted octanol–water partition coefficient (Wildman–Crippen LogP) is -1.91. The second kappa shape index (κ2) is 12.7. The predicted molar refractivity (Wildman–Crippen MR) is 115 cm³/mol. The standard InChI is InChI=1S/C19H35N7O5/c1-3-11(2)15(18(30)31)25-16(28)12(6-4-8-23-19(21)22)24-17(29)13-7-5-9-26(13)14(27)10-20/h11-13,15H,3-10,20H2,1-2H3,(H,24,29)(H,25,28)(H,30,31)(H4,21,22,23)/t11-,12-,13-,15-/m0/s1. The van der Waals surface area contributed by atoms with E-state index in [1.54, 1.807) is 6.92 Å². The Morgan fingerprint density at radius 2 is 1.90 bits per heavy atom. The first-order valence-corrected chi connectivity index (χ1v) is 10.5. The molecule has 1 fully saturated rings. The molecule has 4 atom stereocenters. The molecule has 9 N–H and O–H groups in total. The number of guanidine groups is 1. The van der Waals surface area contributed by atoms with Gasteiger partial charge in [0.25, 0.3) is 0 Å². The quantitative estimate of drug-likeness (QED) is 0.114. The second-order valence-corrected chi connectivity index (χ2v) is 7.67. The van der Waals surface area contributed by atoms with Crippen LogP contribution in [-0.2, 0) is 19.2 Å². The van der Waals surface area contributed by atoms with Crippen molar-refractivity contribution >= 4 is 29.7 Å². The molecule has 176 valence electrons. The van der Waals surface area contributed by atoms with E-state index in [0.29, 0.717) is 32.2 Å². The third-order valence-corrected chi connectivity index (χ3v) is 5.41. The maximum absolute atomic E-state index is 12.9. The zero-order valence-electron chi connectivity index (χ0n) is 18.2. The van der Waals surface area contributed by atoms with Crippen molar-refractivity contribution < 1.29 is 24.3 Å². The van der Waals surface area contributed by atoms with Crippen LogP contribution >= 0.6 is 0 Å². The number of likely N-dealkylation sites (tertiary alicyclic amines) is 1. The molecule has 31 heavy (non-hydrogen) atoms. The van der Waals surface area contributed by atoms with Gasteiger partial charge in [-0.15, -0.1) is 0 Å². The van der Waals surface area contributed by atoms with Gasteiger partial charge >= 0.3 is 5.97 Å². The van der Waals surface area contributed by atoms with Crippen molar-refractivity contribution in [3.63, 3.8) is 0 Å². The molecule has 1 heterocycles. The minimum absolute atomic E-state index is 0.0883. The molecule has 0 aromatic rings. The van der Waals surface area contributed by atoms with Crippen LogP contribution < -0.4 is 27.8 Å². The van der Waals surface area contributed by atoms with E-state index >= 15 is 0 Å². The average Bonchev–Trinajstić information content (AvgIpc) is 3.22. The molecule has 1 aliphatic heterocycles. The van der Waals surface area contributed by atoms with Crippen molar-refractivity contribution in [1.82, 2.24) is 15.5 Å². The number of amides is 3. The van der Waals surface area contributed by atoms with Crippen molar-refractivity contribution in [1.29, 1.82) is 0 Å². The molecule has 1 rings (SSSR count). The van der Waals surface area contributed by atoms with Crippen LogP contribution in [0.2, 0.25) is 0 Å². The molecule has 1 saturated heterocycles. The van der Waals surface area contributed by atoms with Crippen LogP contribution in [0.3, 0.4) is 0 Å². The molecular weight excluding hydrogens is 406 g/mol. The van der Waals surface area contributed by atoms with Gasteiger partial charge < -0.3 is 37.8 Å². The summed E-state index contributed by atoms with van der Waals surface area (Å²) in [5, 5.41) is 14.6. The van der Waals surface area contributed by atoms with Gasteiger partial charge in [-0.2, -0.15) is 0 Å². The van der Waals surface area contributed by atoms with E-state index in [1.807, 2.05) is 6.92 Å². The number of hydrogen-bond donors (Lipinski definition) is 6. The fourth-order valence-electron chi connectivity index (χ4n) is 3.43. The Balaban J connectivity index is 2.92. The van der Waals surface area contributed by atoms with Gasteiger partial charge in [0, 0.05) is 13.1 Å². The number of nitrogens with two attached hydrogens (primary N) is 3. The van der Waals surface area contributed by atoms with E-state index in [9.17, 15) is 24.3 Å². The molecule has 0 radical (unpaired) electrons. The highest BCUT2D eigenvalue weighted by Gasteiger charge is 2.36. The number of carbonyl (C=O) groups excluding carboxylic acids is 3. The third kappa shape index (κ3) is 8.04. The largest absolute Gasteiger partial charge is 0.480 e. The topological polar surface area (TPSA) is 206 Å². The van der Waals surface area contributed by atoms with E-state index in [-0.39, 0.29) is 37.3 Å². The molecule has 1 aliphatic rings. The summed E-state index contributed by atoms with van der Waals surface area (Å²) in [6.45, 7) is 4.01. The first-order valence-electron chi connectivity index (χ1n) is 10.5. The lowest BCUT2D eigenvalue weighted by Crippen LogP contribution is -2.56. The molecule has 0 aliphatic carbocycles. The van der Waals surface area contributed by atoms with Crippen molar-refractivity contribution in [2.45, 2.75) is 64.1 Å². The monoisotopic (exact) mass is 441 g/mol. The number of carboxylic acids is 1. The summed E-state index contributed by atoms with van der Waals surface area (Å²) in [6, 6.07) is -2.80. The zero-order valence-corrected chi connectivity index (χ0v) is 18.2. The normalized spacial score (nSPS) is 18.5. The molecule has 3 amide bonds. The lowest BCUT2D eigenvalue weighted by atomic mass is 9.98. The minimum atomic E-state index is -1.15. The summed E-state index contributed by atoms with van der Waals surface area (Å²) in [4.78, 5) is 54.5. The highest BCUT2D eigenvalue weighted by Crippen LogP contribution is 2.18. The Labute approximate surface area is 182 Å². The Morgan fingerprint density at radius 3 is 2.45 bits per heavy atom. The molecule has 0 spiro atoms. The van der Waals surface area contributed by atoms with Gasteiger partial charge in [0.1, 0.15) is 18.1 Å². The van der Waals surface area contributed by atoms with Crippen LogP contribution in [0.1, 0.15) is 46.0 Å². The summed E-state index contributed by atoms with van der Waals surface area (Å²) in [5.41, 5.74) is 16.0. The lowest BCUT2D eigenvalue weighted by Gasteiger charge is -2.27. The maximum Gasteiger partial charge on any atom is 0.326 e. The van der Waals surface area contributed by atoms with Crippen LogP contribution in [0.4, 0.5) is 0 Å². The van der Waals surface area contributed by atoms with Crippen molar-refractivity contribution in [2.24, 2.45) is 28.1 Å². The summed E-state index contributed by atoms with van der Waals surface area (Å²) < 4.78 is 0. The molecule has 0 unspecified atom stereocenters. The zero-order chi connectivity index (χ0) is 23.6. The third-order valence-electron chi connectivity index (χ3n) is 5.41. The van der Waals surface area contributed by atoms with Gasteiger partial charge in [0.15, 0.2) is 5.96 Å².